The Labute approximate surface area is 125 Å². The van der Waals surface area contributed by atoms with Crippen LogP contribution in [0.1, 0.15) is 18.9 Å². The fourth-order valence-electron chi connectivity index (χ4n) is 2.47. The second-order valence-electron chi connectivity index (χ2n) is 5.19. The molecule has 0 unspecified atom stereocenters. The van der Waals surface area contributed by atoms with Gasteiger partial charge in [-0.3, -0.25) is 0 Å². The van der Waals surface area contributed by atoms with Gasteiger partial charge >= 0.3 is 0 Å². The highest BCUT2D eigenvalue weighted by Gasteiger charge is 2.11. The lowest BCUT2D eigenvalue weighted by Crippen LogP contribution is -2.11. The molecule has 21 heavy (non-hydrogen) atoms. The normalized spacial score (nSPS) is 13.8. The zero-order valence-electron chi connectivity index (χ0n) is 12.4. The van der Waals surface area contributed by atoms with Crippen LogP contribution < -0.4 is 14.8 Å². The molecule has 0 amide bonds. The maximum absolute atomic E-state index is 5.77. The maximum atomic E-state index is 5.77. The van der Waals surface area contributed by atoms with Crippen molar-refractivity contribution in [2.24, 2.45) is 0 Å². The van der Waals surface area contributed by atoms with E-state index in [0.717, 1.165) is 49.8 Å². The van der Waals surface area contributed by atoms with Crippen LogP contribution in [0.3, 0.4) is 0 Å². The fourth-order valence-corrected chi connectivity index (χ4v) is 2.47. The number of rotatable bonds is 4. The third-order valence-electron chi connectivity index (χ3n) is 3.59. The Hall–Kier alpha value is -2.00. The molecular weight excluding hydrogens is 262 g/mol. The van der Waals surface area contributed by atoms with Crippen molar-refractivity contribution < 1.29 is 9.47 Å². The van der Waals surface area contributed by atoms with Crippen molar-refractivity contribution in [2.45, 2.75) is 19.9 Å². The molecule has 1 aliphatic rings. The van der Waals surface area contributed by atoms with E-state index in [4.69, 9.17) is 9.47 Å². The van der Waals surface area contributed by atoms with Crippen LogP contribution in [0.25, 0.3) is 11.1 Å². The molecule has 1 N–H and O–H groups in total. The first kappa shape index (κ1) is 14.0. The minimum atomic E-state index is 0.719. The second kappa shape index (κ2) is 6.64. The van der Waals surface area contributed by atoms with Gasteiger partial charge in [0.2, 0.25) is 0 Å². The van der Waals surface area contributed by atoms with E-state index < -0.39 is 0 Å². The highest BCUT2D eigenvalue weighted by molar-refractivity contribution is 5.67. The molecule has 0 spiro atoms. The van der Waals surface area contributed by atoms with Gasteiger partial charge in [0.1, 0.15) is 0 Å². The Morgan fingerprint density at radius 2 is 1.76 bits per heavy atom. The van der Waals surface area contributed by atoms with Crippen LogP contribution in [0, 0.1) is 0 Å². The van der Waals surface area contributed by atoms with E-state index in [0.29, 0.717) is 0 Å². The number of ether oxygens (including phenoxy) is 2. The van der Waals surface area contributed by atoms with Gasteiger partial charge in [0, 0.05) is 13.0 Å². The van der Waals surface area contributed by atoms with Crippen LogP contribution in [-0.2, 0) is 6.54 Å². The third kappa shape index (κ3) is 3.37. The molecular formula is C18H21NO2. The largest absolute Gasteiger partial charge is 0.490 e. The molecule has 2 aromatic rings. The lowest BCUT2D eigenvalue weighted by atomic mass is 10.0. The van der Waals surface area contributed by atoms with Crippen LogP contribution >= 0.6 is 0 Å². The van der Waals surface area contributed by atoms with Crippen molar-refractivity contribution in [3.63, 3.8) is 0 Å². The summed E-state index contributed by atoms with van der Waals surface area (Å²) in [4.78, 5) is 0. The van der Waals surface area contributed by atoms with Crippen molar-refractivity contribution in [3.8, 4) is 22.6 Å². The molecule has 3 nitrogen and oxygen atoms in total. The van der Waals surface area contributed by atoms with Gasteiger partial charge in [0.05, 0.1) is 13.2 Å². The topological polar surface area (TPSA) is 30.5 Å². The molecule has 3 heteroatoms. The summed E-state index contributed by atoms with van der Waals surface area (Å²) in [6, 6.07) is 14.8. The van der Waals surface area contributed by atoms with Crippen molar-refractivity contribution >= 4 is 0 Å². The van der Waals surface area contributed by atoms with Gasteiger partial charge in [-0.05, 0) is 41.4 Å². The van der Waals surface area contributed by atoms with Gasteiger partial charge in [0.15, 0.2) is 11.5 Å². The first-order valence-electron chi connectivity index (χ1n) is 7.56. The van der Waals surface area contributed by atoms with E-state index in [1.807, 2.05) is 6.07 Å². The van der Waals surface area contributed by atoms with Crippen LogP contribution in [-0.4, -0.2) is 19.8 Å². The fraction of sp³-hybridized carbons (Fsp3) is 0.333. The summed E-state index contributed by atoms with van der Waals surface area (Å²) < 4.78 is 11.4. The predicted octanol–water partition coefficient (Wildman–Crippen LogP) is 3.62. The molecule has 1 aliphatic heterocycles. The smallest absolute Gasteiger partial charge is 0.161 e. The standard InChI is InChI=1S/C18H21NO2/c1-2-19-13-14-5-3-6-15(11-14)16-7-8-17-18(12-16)21-10-4-9-20-17/h3,5-8,11-12,19H,2,4,9-10,13H2,1H3. The van der Waals surface area contributed by atoms with Gasteiger partial charge in [-0.15, -0.1) is 0 Å². The van der Waals surface area contributed by atoms with Crippen LogP contribution in [0.4, 0.5) is 0 Å². The maximum Gasteiger partial charge on any atom is 0.161 e. The van der Waals surface area contributed by atoms with Crippen molar-refractivity contribution in [1.29, 1.82) is 0 Å². The average molecular weight is 283 g/mol. The van der Waals surface area contributed by atoms with E-state index in [1.165, 1.54) is 11.1 Å². The average Bonchev–Trinajstić information content (AvgIpc) is 2.77. The van der Waals surface area contributed by atoms with Crippen LogP contribution in [0.15, 0.2) is 42.5 Å². The van der Waals surface area contributed by atoms with E-state index in [9.17, 15) is 0 Å². The summed E-state index contributed by atoms with van der Waals surface area (Å²) in [6.07, 6.45) is 0.933. The highest BCUT2D eigenvalue weighted by atomic mass is 16.5. The van der Waals surface area contributed by atoms with Crippen LogP contribution in [0.5, 0.6) is 11.5 Å². The quantitative estimate of drug-likeness (QED) is 0.929. The van der Waals surface area contributed by atoms with Crippen molar-refractivity contribution in [1.82, 2.24) is 5.32 Å². The molecule has 0 saturated carbocycles. The van der Waals surface area contributed by atoms with E-state index in [-0.39, 0.29) is 0 Å². The van der Waals surface area contributed by atoms with Gasteiger partial charge in [-0.25, -0.2) is 0 Å². The molecule has 0 saturated heterocycles. The first-order chi connectivity index (χ1) is 10.4. The number of fused-ring (bicyclic) bond motifs is 1. The SMILES string of the molecule is CCNCc1cccc(-c2ccc3c(c2)OCCCO3)c1. The van der Waals surface area contributed by atoms with E-state index in [2.05, 4.69) is 48.6 Å². The zero-order chi connectivity index (χ0) is 14.5. The molecule has 0 atom stereocenters. The molecule has 2 aromatic carbocycles. The minimum absolute atomic E-state index is 0.719. The lowest BCUT2D eigenvalue weighted by Gasteiger charge is -2.10. The van der Waals surface area contributed by atoms with Gasteiger partial charge in [-0.1, -0.05) is 31.2 Å². The molecule has 0 bridgehead atoms. The summed E-state index contributed by atoms with van der Waals surface area (Å²) in [5, 5.41) is 3.36. The molecule has 0 fully saturated rings. The van der Waals surface area contributed by atoms with Gasteiger partial charge in [-0.2, -0.15) is 0 Å². The Morgan fingerprint density at radius 3 is 2.62 bits per heavy atom. The summed E-state index contributed by atoms with van der Waals surface area (Å²) in [5.74, 6) is 1.70. The number of hydrogen-bond acceptors (Lipinski definition) is 3. The Morgan fingerprint density at radius 1 is 0.952 bits per heavy atom. The molecule has 3 rings (SSSR count). The van der Waals surface area contributed by atoms with Gasteiger partial charge < -0.3 is 14.8 Å². The Kier molecular flexibility index (Phi) is 4.41. The monoisotopic (exact) mass is 283 g/mol. The van der Waals surface area contributed by atoms with Crippen LogP contribution in [0.2, 0.25) is 0 Å². The molecule has 110 valence electrons. The van der Waals surface area contributed by atoms with Crippen molar-refractivity contribution in [2.75, 3.05) is 19.8 Å². The molecule has 0 aliphatic carbocycles. The highest BCUT2D eigenvalue weighted by Crippen LogP contribution is 2.34. The summed E-state index contributed by atoms with van der Waals surface area (Å²) in [7, 11) is 0. The summed E-state index contributed by atoms with van der Waals surface area (Å²) in [6.45, 7) is 5.44. The predicted molar refractivity (Wildman–Crippen MR) is 84.9 cm³/mol. The van der Waals surface area contributed by atoms with E-state index >= 15 is 0 Å². The summed E-state index contributed by atoms with van der Waals surface area (Å²) in [5.41, 5.74) is 3.67. The molecule has 0 radical (unpaired) electrons. The van der Waals surface area contributed by atoms with Gasteiger partial charge in [0.25, 0.3) is 0 Å². The molecule has 0 aromatic heterocycles. The zero-order valence-corrected chi connectivity index (χ0v) is 12.4. The van der Waals surface area contributed by atoms with Crippen molar-refractivity contribution in [3.05, 3.63) is 48.0 Å². The third-order valence-corrected chi connectivity index (χ3v) is 3.59. The van der Waals surface area contributed by atoms with E-state index in [1.54, 1.807) is 0 Å². The first-order valence-corrected chi connectivity index (χ1v) is 7.56. The Balaban J connectivity index is 1.88. The minimum Gasteiger partial charge on any atom is -0.490 e. The lowest BCUT2D eigenvalue weighted by molar-refractivity contribution is 0.297. The Bertz CT molecular complexity index is 610. The summed E-state index contributed by atoms with van der Waals surface area (Å²) >= 11 is 0. The number of hydrogen-bond donors (Lipinski definition) is 1. The number of nitrogens with one attached hydrogen (secondary N) is 1. The molecule has 1 heterocycles. The number of benzene rings is 2. The second-order valence-corrected chi connectivity index (χ2v) is 5.19.